The molecular formula is C17H13BrF2N4O2. The van der Waals surface area contributed by atoms with Gasteiger partial charge in [-0.1, -0.05) is 27.2 Å². The van der Waals surface area contributed by atoms with E-state index in [-0.39, 0.29) is 24.2 Å². The molecule has 2 aromatic carbocycles. The van der Waals surface area contributed by atoms with Crippen LogP contribution in [0.1, 0.15) is 12.2 Å². The summed E-state index contributed by atoms with van der Waals surface area (Å²) in [6.07, 6.45) is 0.166. The number of aryl methyl sites for hydroxylation is 1. The van der Waals surface area contributed by atoms with E-state index in [1.165, 1.54) is 0 Å². The number of carbonyl (C=O) groups excluding carboxylic acids is 1. The number of hydrogen-bond donors (Lipinski definition) is 2. The average Bonchev–Trinajstić information content (AvgIpc) is 3.05. The van der Waals surface area contributed by atoms with Gasteiger partial charge in [0.1, 0.15) is 11.5 Å². The Morgan fingerprint density at radius 2 is 2.08 bits per heavy atom. The summed E-state index contributed by atoms with van der Waals surface area (Å²) in [4.78, 5) is 16.2. The molecule has 0 aliphatic heterocycles. The summed E-state index contributed by atoms with van der Waals surface area (Å²) in [5.41, 5.74) is 5.82. The highest BCUT2D eigenvalue weighted by atomic mass is 79.9. The molecule has 1 heterocycles. The molecule has 1 aromatic heterocycles. The molecule has 26 heavy (non-hydrogen) atoms. The van der Waals surface area contributed by atoms with Crippen LogP contribution in [0.4, 0.5) is 20.2 Å². The molecule has 3 N–H and O–H groups in total. The summed E-state index contributed by atoms with van der Waals surface area (Å²) in [7, 11) is 0. The number of benzene rings is 2. The zero-order valence-corrected chi connectivity index (χ0v) is 14.9. The van der Waals surface area contributed by atoms with Crippen LogP contribution in [0, 0.1) is 11.6 Å². The standard InChI is InChI=1S/C17H13BrF2N4O2/c18-10-3-1-2-9(6-10)17-22-14(24-26-17)4-5-15(25)23-16-12(20)7-11(19)8-13(16)21/h1-3,6-8H,4-5,21H2,(H,23,25). The van der Waals surface area contributed by atoms with Crippen molar-refractivity contribution in [3.05, 3.63) is 58.3 Å². The van der Waals surface area contributed by atoms with Crippen molar-refractivity contribution in [2.75, 3.05) is 11.1 Å². The van der Waals surface area contributed by atoms with Gasteiger partial charge in [0.2, 0.25) is 5.91 Å². The first-order chi connectivity index (χ1) is 12.4. The maximum atomic E-state index is 13.7. The molecule has 0 spiro atoms. The fraction of sp³-hybridized carbons (Fsp3) is 0.118. The smallest absolute Gasteiger partial charge is 0.257 e. The molecule has 3 rings (SSSR count). The Bertz CT molecular complexity index is 938. The third-order valence-corrected chi connectivity index (χ3v) is 3.96. The van der Waals surface area contributed by atoms with Crippen molar-refractivity contribution < 1.29 is 18.1 Å². The number of rotatable bonds is 5. The largest absolute Gasteiger partial charge is 0.397 e. The van der Waals surface area contributed by atoms with Crippen molar-refractivity contribution in [2.24, 2.45) is 0 Å². The minimum absolute atomic E-state index is 0.0201. The molecule has 0 atom stereocenters. The lowest BCUT2D eigenvalue weighted by atomic mass is 10.2. The van der Waals surface area contributed by atoms with Crippen molar-refractivity contribution in [1.29, 1.82) is 0 Å². The van der Waals surface area contributed by atoms with Crippen LogP contribution in [0.2, 0.25) is 0 Å². The first kappa shape index (κ1) is 18.0. The fourth-order valence-electron chi connectivity index (χ4n) is 2.25. The number of aromatic nitrogens is 2. The number of nitrogens with one attached hydrogen (secondary N) is 1. The average molecular weight is 423 g/mol. The molecule has 0 radical (unpaired) electrons. The lowest BCUT2D eigenvalue weighted by Gasteiger charge is -2.08. The topological polar surface area (TPSA) is 94.0 Å². The predicted molar refractivity (Wildman–Crippen MR) is 95.2 cm³/mol. The van der Waals surface area contributed by atoms with Crippen LogP contribution in [0.25, 0.3) is 11.5 Å². The molecule has 0 saturated carbocycles. The summed E-state index contributed by atoms with van der Waals surface area (Å²) >= 11 is 3.36. The van der Waals surface area contributed by atoms with E-state index in [0.29, 0.717) is 17.8 Å². The molecule has 134 valence electrons. The van der Waals surface area contributed by atoms with E-state index < -0.39 is 17.5 Å². The van der Waals surface area contributed by atoms with Gasteiger partial charge in [0, 0.05) is 28.9 Å². The van der Waals surface area contributed by atoms with Gasteiger partial charge < -0.3 is 15.6 Å². The van der Waals surface area contributed by atoms with Crippen molar-refractivity contribution in [3.63, 3.8) is 0 Å². The number of nitrogens with zero attached hydrogens (tertiary/aromatic N) is 2. The second kappa shape index (κ2) is 7.61. The minimum Gasteiger partial charge on any atom is -0.397 e. The van der Waals surface area contributed by atoms with Crippen molar-refractivity contribution in [2.45, 2.75) is 12.8 Å². The number of nitrogens with two attached hydrogens (primary N) is 1. The summed E-state index contributed by atoms with van der Waals surface area (Å²) in [6, 6.07) is 8.92. The van der Waals surface area contributed by atoms with Gasteiger partial charge in [-0.3, -0.25) is 4.79 Å². The number of hydrogen-bond acceptors (Lipinski definition) is 5. The van der Waals surface area contributed by atoms with Crippen molar-refractivity contribution >= 4 is 33.2 Å². The van der Waals surface area contributed by atoms with Gasteiger partial charge in [-0.05, 0) is 24.3 Å². The second-order valence-corrected chi connectivity index (χ2v) is 6.34. The van der Waals surface area contributed by atoms with E-state index >= 15 is 0 Å². The van der Waals surface area contributed by atoms with Crippen LogP contribution in [0.5, 0.6) is 0 Å². The van der Waals surface area contributed by atoms with Gasteiger partial charge >= 0.3 is 0 Å². The van der Waals surface area contributed by atoms with Gasteiger partial charge in [-0.2, -0.15) is 4.98 Å². The van der Waals surface area contributed by atoms with E-state index in [2.05, 4.69) is 31.4 Å². The molecule has 0 unspecified atom stereocenters. The van der Waals surface area contributed by atoms with Crippen LogP contribution in [-0.4, -0.2) is 16.0 Å². The number of carbonyl (C=O) groups is 1. The lowest BCUT2D eigenvalue weighted by Crippen LogP contribution is -2.15. The van der Waals surface area contributed by atoms with E-state index in [1.807, 2.05) is 24.3 Å². The Kier molecular flexibility index (Phi) is 5.27. The highest BCUT2D eigenvalue weighted by molar-refractivity contribution is 9.10. The van der Waals surface area contributed by atoms with Crippen LogP contribution in [0.15, 0.2) is 45.4 Å². The Hall–Kier alpha value is -2.81. The molecule has 0 aliphatic carbocycles. The highest BCUT2D eigenvalue weighted by Gasteiger charge is 2.14. The summed E-state index contributed by atoms with van der Waals surface area (Å²) < 4.78 is 32.7. The van der Waals surface area contributed by atoms with E-state index in [0.717, 1.165) is 16.1 Å². The molecule has 6 nitrogen and oxygen atoms in total. The molecule has 3 aromatic rings. The van der Waals surface area contributed by atoms with Gasteiger partial charge in [0.25, 0.3) is 5.89 Å². The zero-order valence-electron chi connectivity index (χ0n) is 13.3. The van der Waals surface area contributed by atoms with Gasteiger partial charge in [0.05, 0.1) is 5.69 Å². The van der Waals surface area contributed by atoms with Crippen molar-refractivity contribution in [1.82, 2.24) is 10.1 Å². The molecule has 0 aliphatic rings. The van der Waals surface area contributed by atoms with Gasteiger partial charge in [-0.15, -0.1) is 0 Å². The van der Waals surface area contributed by atoms with E-state index in [9.17, 15) is 13.6 Å². The molecule has 1 amide bonds. The zero-order chi connectivity index (χ0) is 18.7. The number of anilines is 2. The summed E-state index contributed by atoms with van der Waals surface area (Å²) in [5, 5.41) is 6.14. The van der Waals surface area contributed by atoms with Gasteiger partial charge in [0.15, 0.2) is 11.6 Å². The second-order valence-electron chi connectivity index (χ2n) is 5.43. The lowest BCUT2D eigenvalue weighted by molar-refractivity contribution is -0.116. The third-order valence-electron chi connectivity index (χ3n) is 3.47. The fourth-order valence-corrected chi connectivity index (χ4v) is 2.65. The number of halogens is 3. The Morgan fingerprint density at radius 3 is 2.81 bits per heavy atom. The Labute approximate surface area is 155 Å². The normalized spacial score (nSPS) is 10.7. The van der Waals surface area contributed by atoms with E-state index in [4.69, 9.17) is 10.3 Å². The van der Waals surface area contributed by atoms with Crippen molar-refractivity contribution in [3.8, 4) is 11.5 Å². The molecule has 0 bridgehead atoms. The third kappa shape index (κ3) is 4.23. The first-order valence-electron chi connectivity index (χ1n) is 7.55. The first-order valence-corrected chi connectivity index (χ1v) is 8.34. The summed E-state index contributed by atoms with van der Waals surface area (Å²) in [5.74, 6) is -1.59. The Morgan fingerprint density at radius 1 is 1.27 bits per heavy atom. The quantitative estimate of drug-likeness (QED) is 0.607. The minimum atomic E-state index is -0.938. The predicted octanol–water partition coefficient (Wildman–Crippen LogP) is 3.93. The molecular weight excluding hydrogens is 410 g/mol. The maximum Gasteiger partial charge on any atom is 0.257 e. The highest BCUT2D eigenvalue weighted by Crippen LogP contribution is 2.24. The monoisotopic (exact) mass is 422 g/mol. The van der Waals surface area contributed by atoms with E-state index in [1.54, 1.807) is 0 Å². The summed E-state index contributed by atoms with van der Waals surface area (Å²) in [6.45, 7) is 0. The SMILES string of the molecule is Nc1cc(F)cc(F)c1NC(=O)CCc1noc(-c2cccc(Br)c2)n1. The van der Waals surface area contributed by atoms with Crippen LogP contribution in [-0.2, 0) is 11.2 Å². The number of amides is 1. The molecule has 0 fully saturated rings. The Balaban J connectivity index is 1.62. The number of nitrogen functional groups attached to an aromatic ring is 1. The van der Waals surface area contributed by atoms with Crippen LogP contribution < -0.4 is 11.1 Å². The molecule has 9 heteroatoms. The van der Waals surface area contributed by atoms with Crippen LogP contribution in [0.3, 0.4) is 0 Å². The van der Waals surface area contributed by atoms with Gasteiger partial charge in [-0.25, -0.2) is 8.78 Å². The van der Waals surface area contributed by atoms with Crippen LogP contribution >= 0.6 is 15.9 Å². The maximum absolute atomic E-state index is 13.7. The molecule has 0 saturated heterocycles.